The second kappa shape index (κ2) is 28.9. The van der Waals surface area contributed by atoms with E-state index in [9.17, 15) is 47.9 Å². The lowest BCUT2D eigenvalue weighted by atomic mass is 10.0. The van der Waals surface area contributed by atoms with Crippen molar-refractivity contribution in [2.45, 2.75) is 166 Å². The predicted molar refractivity (Wildman–Crippen MR) is 280 cm³/mol. The predicted octanol–water partition coefficient (Wildman–Crippen LogP) is 1.66. The van der Waals surface area contributed by atoms with Crippen molar-refractivity contribution in [1.29, 1.82) is 0 Å². The van der Waals surface area contributed by atoms with E-state index in [0.717, 1.165) is 0 Å². The van der Waals surface area contributed by atoms with E-state index in [4.69, 9.17) is 9.47 Å². The minimum atomic E-state index is -1.08. The number of esters is 2. The summed E-state index contributed by atoms with van der Waals surface area (Å²) < 4.78 is 11.7. The molecule has 72 heavy (non-hydrogen) atoms. The zero-order valence-corrected chi connectivity index (χ0v) is 46.0. The maximum absolute atomic E-state index is 13.7. The van der Waals surface area contributed by atoms with Crippen LogP contribution in [0.25, 0.3) is 0 Å². The third-order valence-corrected chi connectivity index (χ3v) is 17.3. The Morgan fingerprint density at radius 3 is 1.15 bits per heavy atom. The number of carbonyl (C=O) groups is 10. The van der Waals surface area contributed by atoms with Gasteiger partial charge < -0.3 is 52.0 Å². The highest BCUT2D eigenvalue weighted by molar-refractivity contribution is 8.76. The standard InChI is InChI=1S/C48H74N8O12S4/c1-23(2)35-43(61)49-31-21-69-27(9)39(55-41(31)59)45(63)53-37(25(5)6)47(65)67-29(19-33(57)51-35)15-11-13-17-71-72-18-14-12-16-30-20-34(58)52-36(24(3)4)44(62)50-32-22-70-28(10)40(56-42(32)60)46(64)54-38(26(7)8)48(66)68-30/h11-12,15-16,23-32,35-40H,13-14,17-22H2,1-10H3,(H,49,61)(H,50,62)(H,51,57)(H,52,58)(H,53,63)(H,54,64)(H,55,59)(H,56,60)/t27?,28?,29-,30-,31+,32+,35+,36+,37-,38-,39?,40?/m0/s1. The quantitative estimate of drug-likeness (QED) is 0.0564. The van der Waals surface area contributed by atoms with Gasteiger partial charge in [-0.05, 0) is 48.7 Å². The van der Waals surface area contributed by atoms with Gasteiger partial charge in [0.15, 0.2) is 0 Å². The molecule has 4 bridgehead atoms. The van der Waals surface area contributed by atoms with Crippen LogP contribution in [-0.4, -0.2) is 153 Å². The molecule has 20 nitrogen and oxygen atoms in total. The molecule has 4 saturated heterocycles. The smallest absolute Gasteiger partial charge is 0.329 e. The van der Waals surface area contributed by atoms with Crippen molar-refractivity contribution in [3.8, 4) is 0 Å². The zero-order valence-electron chi connectivity index (χ0n) is 42.7. The van der Waals surface area contributed by atoms with Gasteiger partial charge in [0.25, 0.3) is 0 Å². The van der Waals surface area contributed by atoms with Gasteiger partial charge in [-0.2, -0.15) is 23.5 Å². The molecule has 4 rings (SSSR count). The molecule has 24 heteroatoms. The van der Waals surface area contributed by atoms with E-state index < -0.39 is 132 Å². The molecule has 0 radical (unpaired) electrons. The number of cyclic esters (lactones) is 2. The van der Waals surface area contributed by atoms with Crippen LogP contribution in [0.1, 0.15) is 94.9 Å². The molecule has 4 heterocycles. The van der Waals surface area contributed by atoms with E-state index in [1.54, 1.807) is 115 Å². The Kier molecular flexibility index (Phi) is 24.1. The molecule has 0 saturated carbocycles. The van der Waals surface area contributed by atoms with Crippen molar-refractivity contribution in [3.05, 3.63) is 24.3 Å². The molecule has 0 aromatic rings. The number of amides is 8. The summed E-state index contributed by atoms with van der Waals surface area (Å²) >= 11 is 2.65. The molecular weight excluding hydrogens is 1010 g/mol. The summed E-state index contributed by atoms with van der Waals surface area (Å²) in [5.41, 5.74) is 0. The summed E-state index contributed by atoms with van der Waals surface area (Å²) in [5.74, 6) is -5.77. The van der Waals surface area contributed by atoms with Crippen LogP contribution in [0.4, 0.5) is 0 Å². The summed E-state index contributed by atoms with van der Waals surface area (Å²) in [5, 5.41) is 21.2. The topological polar surface area (TPSA) is 285 Å². The fourth-order valence-corrected chi connectivity index (χ4v) is 12.1. The summed E-state index contributed by atoms with van der Waals surface area (Å²) in [6.07, 6.45) is 5.22. The Morgan fingerprint density at radius 1 is 0.472 bits per heavy atom. The van der Waals surface area contributed by atoms with Gasteiger partial charge in [-0.3, -0.25) is 38.4 Å². The van der Waals surface area contributed by atoms with E-state index in [2.05, 4.69) is 42.5 Å². The maximum atomic E-state index is 13.7. The third-order valence-electron chi connectivity index (χ3n) is 12.2. The zero-order chi connectivity index (χ0) is 53.4. The second-order valence-electron chi connectivity index (χ2n) is 19.6. The fraction of sp³-hybridized carbons (Fsp3) is 0.708. The molecule has 0 aliphatic carbocycles. The average molecular weight is 1080 g/mol. The van der Waals surface area contributed by atoms with Crippen molar-refractivity contribution < 1.29 is 57.4 Å². The third kappa shape index (κ3) is 18.2. The molecular formula is C48H74N8O12S4. The van der Waals surface area contributed by atoms with Crippen molar-refractivity contribution in [2.24, 2.45) is 23.7 Å². The Balaban J connectivity index is 1.40. The molecule has 0 aromatic carbocycles. The largest absolute Gasteiger partial charge is 0.456 e. The Labute approximate surface area is 439 Å². The Bertz CT molecular complexity index is 1900. The van der Waals surface area contributed by atoms with Gasteiger partial charge in [-0.1, -0.05) is 103 Å². The van der Waals surface area contributed by atoms with Gasteiger partial charge in [0.2, 0.25) is 47.3 Å². The number of allylic oxidation sites excluding steroid dienone is 2. The van der Waals surface area contributed by atoms with Gasteiger partial charge in [-0.15, -0.1) is 0 Å². The fourth-order valence-electron chi connectivity index (χ4n) is 7.85. The van der Waals surface area contributed by atoms with Crippen LogP contribution < -0.4 is 42.5 Å². The summed E-state index contributed by atoms with van der Waals surface area (Å²) in [6.45, 7) is 17.6. The normalized spacial score (nSPS) is 31.3. The number of hydrogen-bond acceptors (Lipinski definition) is 16. The highest BCUT2D eigenvalue weighted by atomic mass is 33.1. The highest BCUT2D eigenvalue weighted by Gasteiger charge is 2.41. The van der Waals surface area contributed by atoms with Crippen molar-refractivity contribution in [1.82, 2.24) is 42.5 Å². The lowest BCUT2D eigenvalue weighted by molar-refractivity contribution is -0.154. The number of ether oxygens (including phenoxy) is 2. The van der Waals surface area contributed by atoms with E-state index in [1.165, 1.54) is 23.5 Å². The van der Waals surface area contributed by atoms with Gasteiger partial charge in [-0.25, -0.2) is 9.59 Å². The number of fused-ring (bicyclic) bond motifs is 6. The van der Waals surface area contributed by atoms with Crippen molar-refractivity contribution in [3.63, 3.8) is 0 Å². The highest BCUT2D eigenvalue weighted by Crippen LogP contribution is 2.25. The average Bonchev–Trinajstić information content (AvgIpc) is 3.53. The van der Waals surface area contributed by atoms with Crippen LogP contribution in [0, 0.1) is 23.7 Å². The minimum absolute atomic E-state index is 0.204. The molecule has 8 amide bonds. The molecule has 0 spiro atoms. The van der Waals surface area contributed by atoms with Gasteiger partial charge in [0.1, 0.15) is 60.5 Å². The Morgan fingerprint density at radius 2 is 0.819 bits per heavy atom. The number of thioether (sulfide) groups is 2. The Hall–Kier alpha value is -4.42. The number of rotatable bonds is 13. The molecule has 4 fully saturated rings. The molecule has 12 atom stereocenters. The summed E-state index contributed by atoms with van der Waals surface area (Å²) in [4.78, 5) is 135. The van der Waals surface area contributed by atoms with Crippen LogP contribution in [0.2, 0.25) is 0 Å². The molecule has 4 unspecified atom stereocenters. The molecule has 0 aromatic heterocycles. The monoisotopic (exact) mass is 1080 g/mol. The first kappa shape index (κ1) is 60.1. The van der Waals surface area contributed by atoms with Gasteiger partial charge in [0.05, 0.1) is 12.8 Å². The lowest BCUT2D eigenvalue weighted by Gasteiger charge is -2.28. The number of hydrogen-bond donors (Lipinski definition) is 8. The first-order valence-electron chi connectivity index (χ1n) is 24.6. The first-order valence-corrected chi connectivity index (χ1v) is 29.2. The summed E-state index contributed by atoms with van der Waals surface area (Å²) in [7, 11) is 3.14. The van der Waals surface area contributed by atoms with Crippen molar-refractivity contribution >= 4 is 104 Å². The summed E-state index contributed by atoms with van der Waals surface area (Å²) in [6, 6.07) is -8.02. The lowest BCUT2D eigenvalue weighted by Crippen LogP contribution is -2.59. The molecule has 4 aliphatic rings. The SMILES string of the molecule is CC1SC[C@H]2NC(=O)[C@@H](C(C)C)NC(=O)C[C@H](C=CCCSSCCC=C[C@H]3CC(=O)N[C@H](C(C)C)C(=O)N[C@@H]4CSC(C)C(NC4=O)C(=O)N[C@@H](C(C)C)C(=O)O3)OC(=O)[C@H](C(C)C)NC(=O)C1NC2=O. The van der Waals surface area contributed by atoms with Crippen LogP contribution in [-0.2, 0) is 57.4 Å². The maximum Gasteiger partial charge on any atom is 0.329 e. The molecule has 4 aliphatic heterocycles. The van der Waals surface area contributed by atoms with Gasteiger partial charge >= 0.3 is 11.9 Å². The first-order chi connectivity index (χ1) is 34.0. The second-order valence-corrected chi connectivity index (χ2v) is 25.2. The molecule has 8 N–H and O–H groups in total. The minimum Gasteiger partial charge on any atom is -0.456 e. The van der Waals surface area contributed by atoms with Crippen LogP contribution in [0.3, 0.4) is 0 Å². The van der Waals surface area contributed by atoms with Crippen LogP contribution >= 0.6 is 45.1 Å². The van der Waals surface area contributed by atoms with E-state index in [0.29, 0.717) is 24.3 Å². The number of nitrogens with one attached hydrogen (secondary N) is 8. The molecule has 402 valence electrons. The van der Waals surface area contributed by atoms with E-state index in [1.807, 2.05) is 0 Å². The van der Waals surface area contributed by atoms with Crippen LogP contribution in [0.15, 0.2) is 24.3 Å². The van der Waals surface area contributed by atoms with Crippen LogP contribution in [0.5, 0.6) is 0 Å². The van der Waals surface area contributed by atoms with E-state index >= 15 is 0 Å². The van der Waals surface area contributed by atoms with E-state index in [-0.39, 0.29) is 46.7 Å². The number of carbonyl (C=O) groups excluding carboxylic acids is 10. The van der Waals surface area contributed by atoms with Crippen molar-refractivity contribution in [2.75, 3.05) is 23.0 Å². The van der Waals surface area contributed by atoms with Gasteiger partial charge in [0, 0.05) is 33.5 Å².